The second-order valence-electron chi connectivity index (χ2n) is 8.69. The summed E-state index contributed by atoms with van der Waals surface area (Å²) < 4.78 is 13.0. The van der Waals surface area contributed by atoms with Gasteiger partial charge < -0.3 is 10.2 Å². The second-order valence-corrected chi connectivity index (χ2v) is 9.13. The molecule has 4 nitrogen and oxygen atoms in total. The molecule has 1 fully saturated rings. The van der Waals surface area contributed by atoms with Crippen LogP contribution in [0.25, 0.3) is 0 Å². The summed E-state index contributed by atoms with van der Waals surface area (Å²) in [6.45, 7) is 0. The highest BCUT2D eigenvalue weighted by Crippen LogP contribution is 2.35. The Morgan fingerprint density at radius 2 is 1.65 bits per heavy atom. The van der Waals surface area contributed by atoms with E-state index in [0.717, 1.165) is 37.1 Å². The van der Waals surface area contributed by atoms with E-state index in [2.05, 4.69) is 36.4 Å². The van der Waals surface area contributed by atoms with Gasteiger partial charge in [0.1, 0.15) is 5.82 Å². The lowest BCUT2D eigenvalue weighted by Gasteiger charge is -2.45. The fourth-order valence-corrected chi connectivity index (χ4v) is 4.50. The Hall–Kier alpha value is -2.24. The van der Waals surface area contributed by atoms with Gasteiger partial charge in [-0.15, -0.1) is 0 Å². The minimum Gasteiger partial charge on any atom is -0.353 e. The van der Waals surface area contributed by atoms with Gasteiger partial charge in [-0.3, -0.25) is 9.59 Å². The number of ketones is 1. The maximum Gasteiger partial charge on any atom is 0.220 e. The molecule has 1 aliphatic carbocycles. The number of nitrogens with zero attached hydrogens (tertiary/aromatic N) is 1. The summed E-state index contributed by atoms with van der Waals surface area (Å²) in [6.07, 6.45) is 5.01. The zero-order valence-electron chi connectivity index (χ0n) is 18.2. The number of likely N-dealkylation sites (N-methyl/N-ethyl adjacent to an activating group) is 1. The van der Waals surface area contributed by atoms with Gasteiger partial charge in [-0.1, -0.05) is 23.7 Å². The smallest absolute Gasteiger partial charge is 0.220 e. The summed E-state index contributed by atoms with van der Waals surface area (Å²) in [7, 11) is 4.24. The molecule has 2 aromatic rings. The molecule has 2 aromatic carbocycles. The van der Waals surface area contributed by atoms with Gasteiger partial charge in [0.05, 0.1) is 0 Å². The highest BCUT2D eigenvalue weighted by molar-refractivity contribution is 6.30. The van der Waals surface area contributed by atoms with Gasteiger partial charge in [-0.2, -0.15) is 0 Å². The molecular weight excluding hydrogens is 415 g/mol. The summed E-state index contributed by atoms with van der Waals surface area (Å²) in [5.74, 6) is -0.625. The summed E-state index contributed by atoms with van der Waals surface area (Å²) in [5.41, 5.74) is 1.76. The summed E-state index contributed by atoms with van der Waals surface area (Å²) >= 11 is 6.02. The van der Waals surface area contributed by atoms with Crippen molar-refractivity contribution in [2.24, 2.45) is 0 Å². The number of nitrogens with one attached hydrogen (secondary N) is 1. The van der Waals surface area contributed by atoms with E-state index in [1.807, 2.05) is 12.1 Å². The first-order chi connectivity index (χ1) is 14.8. The number of carbonyl (C=O) groups excluding carboxylic acids is 2. The van der Waals surface area contributed by atoms with Gasteiger partial charge >= 0.3 is 0 Å². The van der Waals surface area contributed by atoms with Crippen LogP contribution in [0.2, 0.25) is 5.02 Å². The van der Waals surface area contributed by atoms with E-state index in [1.165, 1.54) is 29.8 Å². The highest BCUT2D eigenvalue weighted by atomic mass is 35.5. The first kappa shape index (κ1) is 23.4. The molecule has 0 heterocycles. The fraction of sp³-hybridized carbons (Fsp3) is 0.440. The number of Topliss-reactive ketones (excluding diaryl/α,β-unsaturated/α-hetero) is 1. The minimum atomic E-state index is -0.378. The molecule has 31 heavy (non-hydrogen) atoms. The molecule has 1 N–H and O–H groups in total. The molecular formula is C25H30ClFN2O2. The first-order valence-electron chi connectivity index (χ1n) is 10.8. The maximum atomic E-state index is 13.0. The molecule has 0 bridgehead atoms. The molecule has 3 rings (SSSR count). The van der Waals surface area contributed by atoms with Crippen molar-refractivity contribution < 1.29 is 14.0 Å². The number of benzene rings is 2. The molecule has 0 atom stereocenters. The molecule has 0 spiro atoms. The highest BCUT2D eigenvalue weighted by Gasteiger charge is 2.37. The average molecular weight is 445 g/mol. The minimum absolute atomic E-state index is 0.0631. The van der Waals surface area contributed by atoms with Crippen molar-refractivity contribution in [3.05, 3.63) is 70.5 Å². The van der Waals surface area contributed by atoms with Gasteiger partial charge in [0.25, 0.3) is 0 Å². The van der Waals surface area contributed by atoms with Gasteiger partial charge in [-0.05, 0) is 88.2 Å². The van der Waals surface area contributed by atoms with E-state index in [-0.39, 0.29) is 41.9 Å². The quantitative estimate of drug-likeness (QED) is 0.580. The van der Waals surface area contributed by atoms with Crippen molar-refractivity contribution in [1.82, 2.24) is 10.2 Å². The molecule has 1 saturated carbocycles. The SMILES string of the molecule is CN(C)C1(Cc2ccc(Cl)cc2)CCC(NC(=O)CCC(=O)c2ccc(F)cc2)CC1. The zero-order chi connectivity index (χ0) is 22.4. The van der Waals surface area contributed by atoms with Crippen LogP contribution in [-0.2, 0) is 11.2 Å². The zero-order valence-corrected chi connectivity index (χ0v) is 18.9. The van der Waals surface area contributed by atoms with Crippen molar-refractivity contribution >= 4 is 23.3 Å². The third kappa shape index (κ3) is 6.37. The lowest BCUT2D eigenvalue weighted by atomic mass is 9.75. The lowest BCUT2D eigenvalue weighted by molar-refractivity contribution is -0.122. The normalized spacial score (nSPS) is 21.1. The Kier molecular flexibility index (Phi) is 7.84. The van der Waals surface area contributed by atoms with Gasteiger partial charge in [0.2, 0.25) is 5.91 Å². The summed E-state index contributed by atoms with van der Waals surface area (Å²) in [5, 5.41) is 3.84. The van der Waals surface area contributed by atoms with Crippen LogP contribution < -0.4 is 5.32 Å². The predicted molar refractivity (Wildman–Crippen MR) is 122 cm³/mol. The lowest BCUT2D eigenvalue weighted by Crippen LogP contribution is -2.52. The fourth-order valence-electron chi connectivity index (χ4n) is 4.37. The van der Waals surface area contributed by atoms with Gasteiger partial charge in [0, 0.05) is 35.0 Å². The molecule has 0 aromatic heterocycles. The molecule has 0 radical (unpaired) electrons. The number of carbonyl (C=O) groups is 2. The summed E-state index contributed by atoms with van der Waals surface area (Å²) in [6, 6.07) is 13.6. The van der Waals surface area contributed by atoms with E-state index in [9.17, 15) is 14.0 Å². The Balaban J connectivity index is 1.48. The molecule has 0 unspecified atom stereocenters. The molecule has 0 saturated heterocycles. The van der Waals surface area contributed by atoms with Crippen LogP contribution in [0.4, 0.5) is 4.39 Å². The predicted octanol–water partition coefficient (Wildman–Crippen LogP) is 5.04. The van der Waals surface area contributed by atoms with Crippen LogP contribution >= 0.6 is 11.6 Å². The van der Waals surface area contributed by atoms with Crippen LogP contribution in [-0.4, -0.2) is 42.3 Å². The van der Waals surface area contributed by atoms with Crippen LogP contribution in [0, 0.1) is 5.82 Å². The third-order valence-corrected chi connectivity index (χ3v) is 6.67. The monoisotopic (exact) mass is 444 g/mol. The van der Waals surface area contributed by atoms with E-state index in [4.69, 9.17) is 11.6 Å². The number of hydrogen-bond acceptors (Lipinski definition) is 3. The summed E-state index contributed by atoms with van der Waals surface area (Å²) in [4.78, 5) is 26.9. The number of halogens is 2. The molecule has 6 heteroatoms. The third-order valence-electron chi connectivity index (χ3n) is 6.42. The molecule has 0 aliphatic heterocycles. The van der Waals surface area contributed by atoms with Crippen molar-refractivity contribution in [3.8, 4) is 0 Å². The maximum absolute atomic E-state index is 13.0. The van der Waals surface area contributed by atoms with Crippen molar-refractivity contribution in [2.45, 2.75) is 56.5 Å². The van der Waals surface area contributed by atoms with Crippen molar-refractivity contribution in [3.63, 3.8) is 0 Å². The van der Waals surface area contributed by atoms with Crippen molar-refractivity contribution in [2.75, 3.05) is 14.1 Å². The van der Waals surface area contributed by atoms with E-state index >= 15 is 0 Å². The average Bonchev–Trinajstić information content (AvgIpc) is 2.75. The molecule has 166 valence electrons. The van der Waals surface area contributed by atoms with Crippen LogP contribution in [0.15, 0.2) is 48.5 Å². The number of hydrogen-bond donors (Lipinski definition) is 1. The Labute approximate surface area is 188 Å². The van der Waals surface area contributed by atoms with Crippen LogP contribution in [0.5, 0.6) is 0 Å². The Morgan fingerprint density at radius 3 is 2.23 bits per heavy atom. The van der Waals surface area contributed by atoms with Gasteiger partial charge in [-0.25, -0.2) is 4.39 Å². The molecule has 1 aliphatic rings. The van der Waals surface area contributed by atoms with E-state index in [0.29, 0.717) is 5.56 Å². The van der Waals surface area contributed by atoms with Gasteiger partial charge in [0.15, 0.2) is 5.78 Å². The number of amides is 1. The topological polar surface area (TPSA) is 49.4 Å². The largest absolute Gasteiger partial charge is 0.353 e. The van der Waals surface area contributed by atoms with E-state index < -0.39 is 0 Å². The Bertz CT molecular complexity index is 889. The second kappa shape index (κ2) is 10.4. The van der Waals surface area contributed by atoms with Crippen molar-refractivity contribution in [1.29, 1.82) is 0 Å². The first-order valence-corrected chi connectivity index (χ1v) is 11.2. The van der Waals surface area contributed by atoms with Crippen LogP contribution in [0.1, 0.15) is 54.4 Å². The number of rotatable bonds is 8. The van der Waals surface area contributed by atoms with Crippen LogP contribution in [0.3, 0.4) is 0 Å². The molecule has 1 amide bonds. The standard InChI is InChI=1S/C25H30ClFN2O2/c1-29(2)25(17-18-3-7-20(26)8-4-18)15-13-22(14-16-25)28-24(31)12-11-23(30)19-5-9-21(27)10-6-19/h3-10,22H,11-17H2,1-2H3,(H,28,31). The van der Waals surface area contributed by atoms with E-state index in [1.54, 1.807) is 0 Å². The Morgan fingerprint density at radius 1 is 1.03 bits per heavy atom.